The van der Waals surface area contributed by atoms with Gasteiger partial charge in [-0.15, -0.1) is 0 Å². The number of nitro groups is 1. The molecule has 0 aliphatic heterocycles. The SMILES string of the molecule is CC(C)C[C@H](CN)NS(=O)(=O)c1ccc([N+](=O)[O-])cc1C(F)(F)F. The van der Waals surface area contributed by atoms with Crippen LogP contribution in [0, 0.1) is 16.0 Å². The Morgan fingerprint density at radius 2 is 1.92 bits per heavy atom. The molecule has 1 aromatic rings. The molecule has 1 rings (SSSR count). The van der Waals surface area contributed by atoms with E-state index in [0.717, 1.165) is 0 Å². The maximum absolute atomic E-state index is 13.1. The van der Waals surface area contributed by atoms with Gasteiger partial charge in [-0.1, -0.05) is 13.8 Å². The van der Waals surface area contributed by atoms with Crippen molar-refractivity contribution >= 4 is 15.7 Å². The number of non-ortho nitro benzene ring substituents is 1. The van der Waals surface area contributed by atoms with Gasteiger partial charge in [-0.05, 0) is 18.4 Å². The fraction of sp³-hybridized carbons (Fsp3) is 0.538. The first-order chi connectivity index (χ1) is 10.9. The van der Waals surface area contributed by atoms with Crippen LogP contribution in [-0.4, -0.2) is 25.9 Å². The summed E-state index contributed by atoms with van der Waals surface area (Å²) in [6.07, 6.45) is -4.73. The molecule has 24 heavy (non-hydrogen) atoms. The summed E-state index contributed by atoms with van der Waals surface area (Å²) in [5.74, 6) is 0.0696. The highest BCUT2D eigenvalue weighted by Gasteiger charge is 2.39. The summed E-state index contributed by atoms with van der Waals surface area (Å²) >= 11 is 0. The molecule has 0 radical (unpaired) electrons. The Balaban J connectivity index is 3.35. The summed E-state index contributed by atoms with van der Waals surface area (Å²) in [5.41, 5.74) is 3.01. The van der Waals surface area contributed by atoms with Crippen LogP contribution in [0.15, 0.2) is 23.1 Å². The van der Waals surface area contributed by atoms with Crippen LogP contribution in [0.3, 0.4) is 0 Å². The van der Waals surface area contributed by atoms with Crippen molar-refractivity contribution in [1.82, 2.24) is 4.72 Å². The van der Waals surface area contributed by atoms with Crippen molar-refractivity contribution in [3.63, 3.8) is 0 Å². The van der Waals surface area contributed by atoms with Crippen molar-refractivity contribution in [2.45, 2.75) is 37.4 Å². The van der Waals surface area contributed by atoms with Gasteiger partial charge < -0.3 is 5.73 Å². The molecule has 0 saturated heterocycles. The van der Waals surface area contributed by atoms with E-state index in [4.69, 9.17) is 5.73 Å². The van der Waals surface area contributed by atoms with Gasteiger partial charge in [0.15, 0.2) is 0 Å². The van der Waals surface area contributed by atoms with E-state index in [9.17, 15) is 31.7 Å². The Morgan fingerprint density at radius 3 is 2.33 bits per heavy atom. The average molecular weight is 369 g/mol. The first-order valence-electron chi connectivity index (χ1n) is 6.96. The molecule has 0 heterocycles. The number of nitro benzene ring substituents is 1. The topological polar surface area (TPSA) is 115 Å². The number of hydrogen-bond donors (Lipinski definition) is 2. The van der Waals surface area contributed by atoms with Crippen molar-refractivity contribution in [3.8, 4) is 0 Å². The number of benzene rings is 1. The van der Waals surface area contributed by atoms with Crippen LogP contribution in [0.2, 0.25) is 0 Å². The van der Waals surface area contributed by atoms with Crippen LogP contribution in [0.25, 0.3) is 0 Å². The van der Waals surface area contributed by atoms with E-state index in [1.807, 2.05) is 13.8 Å². The third-order valence-electron chi connectivity index (χ3n) is 3.13. The van der Waals surface area contributed by atoms with Gasteiger partial charge in [0.2, 0.25) is 10.0 Å². The molecule has 7 nitrogen and oxygen atoms in total. The maximum atomic E-state index is 13.1. The van der Waals surface area contributed by atoms with Crippen molar-refractivity contribution < 1.29 is 26.5 Å². The molecule has 0 unspecified atom stereocenters. The second-order valence-electron chi connectivity index (χ2n) is 5.62. The summed E-state index contributed by atoms with van der Waals surface area (Å²) in [7, 11) is -4.55. The van der Waals surface area contributed by atoms with E-state index < -0.39 is 43.3 Å². The van der Waals surface area contributed by atoms with E-state index in [2.05, 4.69) is 4.72 Å². The molecule has 0 fully saturated rings. The van der Waals surface area contributed by atoms with E-state index >= 15 is 0 Å². The van der Waals surface area contributed by atoms with Gasteiger partial charge in [0, 0.05) is 24.7 Å². The Hall–Kier alpha value is -1.72. The number of rotatable bonds is 7. The molecule has 0 spiro atoms. The maximum Gasteiger partial charge on any atom is 0.417 e. The van der Waals surface area contributed by atoms with Crippen molar-refractivity contribution in [2.75, 3.05) is 6.54 Å². The lowest BCUT2D eigenvalue weighted by molar-refractivity contribution is -0.385. The smallest absolute Gasteiger partial charge is 0.329 e. The summed E-state index contributed by atoms with van der Waals surface area (Å²) < 4.78 is 66.1. The van der Waals surface area contributed by atoms with Crippen molar-refractivity contribution in [2.24, 2.45) is 11.7 Å². The van der Waals surface area contributed by atoms with Crippen LogP contribution in [0.4, 0.5) is 18.9 Å². The van der Waals surface area contributed by atoms with Crippen LogP contribution < -0.4 is 10.5 Å². The minimum atomic E-state index is -5.06. The zero-order valence-corrected chi connectivity index (χ0v) is 13.8. The predicted octanol–water partition coefficient (Wildman–Crippen LogP) is 2.27. The molecule has 0 aliphatic carbocycles. The van der Waals surface area contributed by atoms with Crippen LogP contribution >= 0.6 is 0 Å². The van der Waals surface area contributed by atoms with Gasteiger partial charge in [-0.25, -0.2) is 13.1 Å². The number of alkyl halides is 3. The molecule has 0 amide bonds. The minimum Gasteiger partial charge on any atom is -0.329 e. The summed E-state index contributed by atoms with van der Waals surface area (Å²) in [4.78, 5) is 8.55. The van der Waals surface area contributed by atoms with Crippen LogP contribution in [0.5, 0.6) is 0 Å². The monoisotopic (exact) mass is 369 g/mol. The highest BCUT2D eigenvalue weighted by atomic mass is 32.2. The van der Waals surface area contributed by atoms with E-state index in [0.29, 0.717) is 18.6 Å². The van der Waals surface area contributed by atoms with Crippen molar-refractivity contribution in [1.29, 1.82) is 0 Å². The van der Waals surface area contributed by atoms with Crippen LogP contribution in [-0.2, 0) is 16.2 Å². The first-order valence-corrected chi connectivity index (χ1v) is 8.44. The van der Waals surface area contributed by atoms with Crippen LogP contribution in [0.1, 0.15) is 25.8 Å². The molecule has 0 aliphatic rings. The highest BCUT2D eigenvalue weighted by molar-refractivity contribution is 7.89. The van der Waals surface area contributed by atoms with E-state index in [1.54, 1.807) is 0 Å². The highest BCUT2D eigenvalue weighted by Crippen LogP contribution is 2.36. The lowest BCUT2D eigenvalue weighted by Gasteiger charge is -2.20. The number of hydrogen-bond acceptors (Lipinski definition) is 5. The molecule has 0 aromatic heterocycles. The number of nitrogens with one attached hydrogen (secondary N) is 1. The van der Waals surface area contributed by atoms with Gasteiger partial charge >= 0.3 is 6.18 Å². The summed E-state index contributed by atoms with van der Waals surface area (Å²) in [6.45, 7) is 3.53. The first kappa shape index (κ1) is 20.3. The third kappa shape index (κ3) is 5.14. The molecular formula is C13H18F3N3O4S. The Morgan fingerprint density at radius 1 is 1.33 bits per heavy atom. The van der Waals surface area contributed by atoms with Gasteiger partial charge in [-0.2, -0.15) is 13.2 Å². The zero-order valence-electron chi connectivity index (χ0n) is 13.0. The van der Waals surface area contributed by atoms with Gasteiger partial charge in [-0.3, -0.25) is 10.1 Å². The molecule has 136 valence electrons. The van der Waals surface area contributed by atoms with Gasteiger partial charge in [0.1, 0.15) is 0 Å². The molecule has 1 aromatic carbocycles. The standard InChI is InChI=1S/C13H18F3N3O4S/c1-8(2)5-9(7-17)18-24(22,23)12-4-3-10(19(20)21)6-11(12)13(14,15)16/h3-4,6,8-9,18H,5,7,17H2,1-2H3/t9-/m1/s1. The molecule has 11 heteroatoms. The summed E-state index contributed by atoms with van der Waals surface area (Å²) in [5, 5.41) is 10.6. The molecule has 0 saturated carbocycles. The Kier molecular flexibility index (Phi) is 6.31. The van der Waals surface area contributed by atoms with Crippen molar-refractivity contribution in [3.05, 3.63) is 33.9 Å². The normalized spacial score (nSPS) is 14.0. The lowest BCUT2D eigenvalue weighted by Crippen LogP contribution is -2.41. The fourth-order valence-electron chi connectivity index (χ4n) is 2.13. The van der Waals surface area contributed by atoms with E-state index in [1.165, 1.54) is 0 Å². The largest absolute Gasteiger partial charge is 0.417 e. The molecule has 1 atom stereocenters. The summed E-state index contributed by atoms with van der Waals surface area (Å²) in [6, 6.07) is 0.746. The number of nitrogens with two attached hydrogens (primary N) is 1. The molecule has 0 bridgehead atoms. The zero-order chi connectivity index (χ0) is 18.7. The molecular weight excluding hydrogens is 351 g/mol. The van der Waals surface area contributed by atoms with E-state index in [-0.39, 0.29) is 18.5 Å². The second kappa shape index (κ2) is 7.45. The van der Waals surface area contributed by atoms with Gasteiger partial charge in [0.25, 0.3) is 5.69 Å². The number of sulfonamides is 1. The number of halogens is 3. The Labute approximate surface area is 137 Å². The number of nitrogens with zero attached hydrogens (tertiary/aromatic N) is 1. The quantitative estimate of drug-likeness (QED) is 0.565. The average Bonchev–Trinajstić information content (AvgIpc) is 2.44. The predicted molar refractivity (Wildman–Crippen MR) is 80.7 cm³/mol. The Bertz CT molecular complexity index is 705. The fourth-order valence-corrected chi connectivity index (χ4v) is 3.60. The van der Waals surface area contributed by atoms with Gasteiger partial charge in [0.05, 0.1) is 15.4 Å². The molecule has 3 N–H and O–H groups in total. The minimum absolute atomic E-state index is 0.0696. The third-order valence-corrected chi connectivity index (χ3v) is 4.71. The second-order valence-corrected chi connectivity index (χ2v) is 7.30. The lowest BCUT2D eigenvalue weighted by atomic mass is 10.1.